The van der Waals surface area contributed by atoms with E-state index in [-0.39, 0.29) is 11.4 Å². The van der Waals surface area contributed by atoms with Crippen molar-refractivity contribution in [3.05, 3.63) is 35.1 Å². The molecule has 0 saturated carbocycles. The molecule has 0 aliphatic carbocycles. The third-order valence-electron chi connectivity index (χ3n) is 2.63. The van der Waals surface area contributed by atoms with E-state index in [9.17, 15) is 9.50 Å². The molecule has 2 nitrogen and oxygen atoms in total. The molecule has 1 unspecified atom stereocenters. The fourth-order valence-electron chi connectivity index (χ4n) is 1.59. The predicted octanol–water partition coefficient (Wildman–Crippen LogP) is 2.73. The van der Waals surface area contributed by atoms with Crippen molar-refractivity contribution in [2.45, 2.75) is 45.8 Å². The van der Waals surface area contributed by atoms with E-state index in [1.54, 1.807) is 6.92 Å². The third kappa shape index (κ3) is 4.44. The van der Waals surface area contributed by atoms with Crippen molar-refractivity contribution in [3.63, 3.8) is 0 Å². The zero-order chi connectivity index (χ0) is 13.3. The highest BCUT2D eigenvalue weighted by Crippen LogP contribution is 2.22. The van der Waals surface area contributed by atoms with Crippen molar-refractivity contribution in [3.8, 4) is 0 Å². The average Bonchev–Trinajstić information content (AvgIpc) is 2.12. The first-order chi connectivity index (χ1) is 7.60. The summed E-state index contributed by atoms with van der Waals surface area (Å²) in [7, 11) is 0. The molecular weight excluding hydrogens is 217 g/mol. The van der Waals surface area contributed by atoms with E-state index in [1.807, 2.05) is 33.8 Å². The molecule has 3 heteroatoms. The minimum atomic E-state index is -1.07. The number of halogens is 1. The first kappa shape index (κ1) is 14.1. The fraction of sp³-hybridized carbons (Fsp3) is 0.571. The van der Waals surface area contributed by atoms with E-state index in [2.05, 4.69) is 5.32 Å². The minimum Gasteiger partial charge on any atom is -0.384 e. The van der Waals surface area contributed by atoms with Crippen LogP contribution in [0.15, 0.2) is 18.2 Å². The maximum Gasteiger partial charge on any atom is 0.123 e. The van der Waals surface area contributed by atoms with Gasteiger partial charge in [-0.25, -0.2) is 4.39 Å². The summed E-state index contributed by atoms with van der Waals surface area (Å²) in [5, 5.41) is 13.6. The van der Waals surface area contributed by atoms with Gasteiger partial charge in [-0.05, 0) is 57.9 Å². The van der Waals surface area contributed by atoms with Crippen molar-refractivity contribution in [2.24, 2.45) is 0 Å². The average molecular weight is 239 g/mol. The topological polar surface area (TPSA) is 32.3 Å². The van der Waals surface area contributed by atoms with E-state index in [4.69, 9.17) is 0 Å². The second kappa shape index (κ2) is 4.75. The van der Waals surface area contributed by atoms with Crippen LogP contribution >= 0.6 is 0 Å². The molecule has 0 aliphatic rings. The van der Waals surface area contributed by atoms with E-state index < -0.39 is 5.60 Å². The van der Waals surface area contributed by atoms with E-state index in [0.29, 0.717) is 12.1 Å². The summed E-state index contributed by atoms with van der Waals surface area (Å²) in [5.74, 6) is -0.309. The molecule has 0 amide bonds. The minimum absolute atomic E-state index is 0.0770. The Morgan fingerprint density at radius 3 is 2.24 bits per heavy atom. The normalized spacial score (nSPS) is 15.7. The third-order valence-corrected chi connectivity index (χ3v) is 2.63. The van der Waals surface area contributed by atoms with E-state index >= 15 is 0 Å². The first-order valence-corrected chi connectivity index (χ1v) is 5.85. The van der Waals surface area contributed by atoms with Gasteiger partial charge in [0.1, 0.15) is 5.82 Å². The molecule has 17 heavy (non-hydrogen) atoms. The lowest BCUT2D eigenvalue weighted by atomic mass is 9.93. The summed E-state index contributed by atoms with van der Waals surface area (Å²) in [4.78, 5) is 0. The van der Waals surface area contributed by atoms with Crippen LogP contribution in [0.25, 0.3) is 0 Å². The van der Waals surface area contributed by atoms with Crippen LogP contribution in [-0.4, -0.2) is 17.2 Å². The van der Waals surface area contributed by atoms with Gasteiger partial charge >= 0.3 is 0 Å². The van der Waals surface area contributed by atoms with Crippen molar-refractivity contribution >= 4 is 0 Å². The second-order valence-corrected chi connectivity index (χ2v) is 5.89. The van der Waals surface area contributed by atoms with Gasteiger partial charge in [0.05, 0.1) is 5.60 Å². The largest absolute Gasteiger partial charge is 0.384 e. The Kier molecular flexibility index (Phi) is 3.95. The summed E-state index contributed by atoms with van der Waals surface area (Å²) in [6, 6.07) is 4.65. The molecule has 0 heterocycles. The molecule has 1 aromatic carbocycles. The molecule has 0 aromatic heterocycles. The zero-order valence-electron chi connectivity index (χ0n) is 11.3. The van der Waals surface area contributed by atoms with E-state index in [1.165, 1.54) is 12.1 Å². The fourth-order valence-corrected chi connectivity index (χ4v) is 1.59. The number of aryl methyl sites for hydroxylation is 1. The molecule has 0 saturated heterocycles. The number of β-amino-alcohol motifs (C(OH)–C–C–N with tert-alkyl or cyclic N) is 1. The van der Waals surface area contributed by atoms with Crippen molar-refractivity contribution < 1.29 is 9.50 Å². The summed E-state index contributed by atoms with van der Waals surface area (Å²) < 4.78 is 13.3. The lowest BCUT2D eigenvalue weighted by Gasteiger charge is -2.30. The Labute approximate surface area is 103 Å². The maximum atomic E-state index is 13.3. The van der Waals surface area contributed by atoms with Crippen molar-refractivity contribution in [1.82, 2.24) is 5.32 Å². The highest BCUT2D eigenvalue weighted by Gasteiger charge is 2.25. The highest BCUT2D eigenvalue weighted by atomic mass is 19.1. The van der Waals surface area contributed by atoms with Gasteiger partial charge in [-0.15, -0.1) is 0 Å². The van der Waals surface area contributed by atoms with Crippen LogP contribution in [0, 0.1) is 12.7 Å². The van der Waals surface area contributed by atoms with Crippen LogP contribution in [0.1, 0.15) is 38.8 Å². The Morgan fingerprint density at radius 1 is 1.18 bits per heavy atom. The molecule has 1 aromatic rings. The molecule has 0 bridgehead atoms. The molecule has 0 aliphatic heterocycles. The van der Waals surface area contributed by atoms with Crippen LogP contribution in [-0.2, 0) is 5.60 Å². The standard InChI is InChI=1S/C14H22FNO/c1-10-6-11(8-12(15)7-10)14(5,17)9-16-13(2,3)4/h6-8,16-17H,9H2,1-5H3. The number of nitrogens with one attached hydrogen (secondary N) is 1. The van der Waals surface area contributed by atoms with Gasteiger partial charge < -0.3 is 10.4 Å². The van der Waals surface area contributed by atoms with Crippen LogP contribution in [0.5, 0.6) is 0 Å². The van der Waals surface area contributed by atoms with Crippen LogP contribution < -0.4 is 5.32 Å². The van der Waals surface area contributed by atoms with E-state index in [0.717, 1.165) is 5.56 Å². The molecule has 1 atom stereocenters. The number of benzene rings is 1. The molecule has 96 valence electrons. The van der Waals surface area contributed by atoms with Crippen molar-refractivity contribution in [1.29, 1.82) is 0 Å². The first-order valence-electron chi connectivity index (χ1n) is 5.85. The Morgan fingerprint density at radius 2 is 1.76 bits per heavy atom. The van der Waals surface area contributed by atoms with Gasteiger partial charge in [0.25, 0.3) is 0 Å². The molecule has 0 fully saturated rings. The summed E-state index contributed by atoms with van der Waals surface area (Å²) in [5.41, 5.74) is 0.273. The highest BCUT2D eigenvalue weighted by molar-refractivity contribution is 5.28. The summed E-state index contributed by atoms with van der Waals surface area (Å²) >= 11 is 0. The molecule has 2 N–H and O–H groups in total. The Balaban J connectivity index is 2.88. The molecule has 1 rings (SSSR count). The van der Waals surface area contributed by atoms with Gasteiger partial charge in [0, 0.05) is 12.1 Å². The number of rotatable bonds is 3. The monoisotopic (exact) mass is 239 g/mol. The van der Waals surface area contributed by atoms with Crippen LogP contribution in [0.4, 0.5) is 4.39 Å². The Bertz CT molecular complexity index is 373. The lowest BCUT2D eigenvalue weighted by Crippen LogP contribution is -2.44. The van der Waals surface area contributed by atoms with Gasteiger partial charge in [-0.2, -0.15) is 0 Å². The van der Waals surface area contributed by atoms with Gasteiger partial charge in [-0.3, -0.25) is 0 Å². The molecule has 0 radical (unpaired) electrons. The van der Waals surface area contributed by atoms with Crippen LogP contribution in [0.3, 0.4) is 0 Å². The zero-order valence-corrected chi connectivity index (χ0v) is 11.3. The SMILES string of the molecule is Cc1cc(F)cc(C(C)(O)CNC(C)(C)C)c1. The maximum absolute atomic E-state index is 13.3. The molecule has 0 spiro atoms. The van der Waals surface area contributed by atoms with Gasteiger partial charge in [0.2, 0.25) is 0 Å². The smallest absolute Gasteiger partial charge is 0.123 e. The quantitative estimate of drug-likeness (QED) is 0.850. The number of aliphatic hydroxyl groups is 1. The predicted molar refractivity (Wildman–Crippen MR) is 68.5 cm³/mol. The van der Waals surface area contributed by atoms with Gasteiger partial charge in [-0.1, -0.05) is 6.07 Å². The molecular formula is C14H22FNO. The number of hydrogen-bond acceptors (Lipinski definition) is 2. The lowest BCUT2D eigenvalue weighted by molar-refractivity contribution is 0.0498. The second-order valence-electron chi connectivity index (χ2n) is 5.89. The van der Waals surface area contributed by atoms with Crippen molar-refractivity contribution in [2.75, 3.05) is 6.54 Å². The van der Waals surface area contributed by atoms with Crippen LogP contribution in [0.2, 0.25) is 0 Å². The summed E-state index contributed by atoms with van der Waals surface area (Å²) in [6.45, 7) is 9.99. The Hall–Kier alpha value is -0.930. The van der Waals surface area contributed by atoms with Gasteiger partial charge in [0.15, 0.2) is 0 Å². The number of hydrogen-bond donors (Lipinski definition) is 2. The summed E-state index contributed by atoms with van der Waals surface area (Å²) in [6.07, 6.45) is 0.